The zero-order chi connectivity index (χ0) is 24.9. The minimum atomic E-state index is -3.64. The second kappa shape index (κ2) is 10.7. The van der Waals surface area contributed by atoms with E-state index >= 15 is 0 Å². The minimum absolute atomic E-state index is 0.0851. The molecule has 1 fully saturated rings. The molecular formula is C23H28N2O8S. The number of benzene rings is 2. The van der Waals surface area contributed by atoms with Gasteiger partial charge in [-0.2, -0.15) is 4.31 Å². The van der Waals surface area contributed by atoms with Crippen LogP contribution in [0.3, 0.4) is 0 Å². The van der Waals surface area contributed by atoms with Crippen molar-refractivity contribution in [2.75, 3.05) is 54.1 Å². The van der Waals surface area contributed by atoms with Crippen molar-refractivity contribution in [3.8, 4) is 17.2 Å². The van der Waals surface area contributed by atoms with Gasteiger partial charge in [-0.05, 0) is 19.1 Å². The molecule has 1 aliphatic rings. The smallest absolute Gasteiger partial charge is 0.342 e. The van der Waals surface area contributed by atoms with E-state index in [9.17, 15) is 18.0 Å². The molecular weight excluding hydrogens is 464 g/mol. The Morgan fingerprint density at radius 3 is 1.97 bits per heavy atom. The number of nitrogens with zero attached hydrogens (tertiary/aromatic N) is 2. The monoisotopic (exact) mass is 492 g/mol. The van der Waals surface area contributed by atoms with Crippen molar-refractivity contribution in [3.63, 3.8) is 0 Å². The zero-order valence-corrected chi connectivity index (χ0v) is 20.4. The van der Waals surface area contributed by atoms with Gasteiger partial charge in [0, 0.05) is 38.3 Å². The fourth-order valence-corrected chi connectivity index (χ4v) is 4.94. The van der Waals surface area contributed by atoms with Crippen molar-refractivity contribution in [2.45, 2.75) is 11.8 Å². The van der Waals surface area contributed by atoms with Gasteiger partial charge in [0.25, 0.3) is 5.91 Å². The number of ether oxygens (including phenoxy) is 4. The van der Waals surface area contributed by atoms with Crippen LogP contribution in [0.4, 0.5) is 0 Å². The number of carbonyl (C=O) groups excluding carboxylic acids is 2. The highest BCUT2D eigenvalue weighted by atomic mass is 32.2. The number of amides is 1. The molecule has 1 amide bonds. The molecule has 11 heteroatoms. The summed E-state index contributed by atoms with van der Waals surface area (Å²) in [6, 6.07) is 9.54. The molecule has 1 aliphatic heterocycles. The SMILES string of the molecule is COc1cc(OC)c(C(=O)OCC(=O)N2CCN(S(=O)(=O)c3ccc(C)cc3)CC2)cc1OC. The predicted molar refractivity (Wildman–Crippen MR) is 123 cm³/mol. The number of rotatable bonds is 8. The predicted octanol–water partition coefficient (Wildman–Crippen LogP) is 1.71. The highest BCUT2D eigenvalue weighted by Crippen LogP contribution is 2.35. The van der Waals surface area contributed by atoms with Crippen LogP contribution in [0.1, 0.15) is 15.9 Å². The number of piperazine rings is 1. The summed E-state index contributed by atoms with van der Waals surface area (Å²) in [6.07, 6.45) is 0. The van der Waals surface area contributed by atoms with Gasteiger partial charge in [0.1, 0.15) is 11.3 Å². The number of sulfonamides is 1. The molecule has 10 nitrogen and oxygen atoms in total. The van der Waals surface area contributed by atoms with Gasteiger partial charge < -0.3 is 23.8 Å². The van der Waals surface area contributed by atoms with Gasteiger partial charge in [-0.3, -0.25) is 4.79 Å². The van der Waals surface area contributed by atoms with Crippen molar-refractivity contribution in [3.05, 3.63) is 47.5 Å². The lowest BCUT2D eigenvalue weighted by Gasteiger charge is -2.33. The van der Waals surface area contributed by atoms with E-state index in [4.69, 9.17) is 18.9 Å². The molecule has 0 atom stereocenters. The Balaban J connectivity index is 1.58. The Kier molecular flexibility index (Phi) is 8.00. The van der Waals surface area contributed by atoms with Crippen LogP contribution in [0, 0.1) is 6.92 Å². The van der Waals surface area contributed by atoms with E-state index in [1.54, 1.807) is 24.3 Å². The van der Waals surface area contributed by atoms with Crippen LogP contribution in [0.5, 0.6) is 17.2 Å². The minimum Gasteiger partial charge on any atom is -0.496 e. The Morgan fingerprint density at radius 1 is 0.853 bits per heavy atom. The summed E-state index contributed by atoms with van der Waals surface area (Å²) in [6.45, 7) is 2.09. The molecule has 0 aromatic heterocycles. The number of hydrogen-bond donors (Lipinski definition) is 0. The van der Waals surface area contributed by atoms with Gasteiger partial charge in [-0.1, -0.05) is 17.7 Å². The van der Waals surface area contributed by atoms with Crippen LogP contribution in [0.15, 0.2) is 41.3 Å². The van der Waals surface area contributed by atoms with Crippen LogP contribution >= 0.6 is 0 Å². The molecule has 0 radical (unpaired) electrons. The van der Waals surface area contributed by atoms with E-state index in [2.05, 4.69) is 0 Å². The third-order valence-corrected chi connectivity index (χ3v) is 7.42. The standard InChI is InChI=1S/C23H28N2O8S/c1-16-5-7-17(8-6-16)34(28,29)25-11-9-24(10-12-25)22(26)15-33-23(27)18-13-20(31-3)21(32-4)14-19(18)30-2/h5-8,13-14H,9-12,15H2,1-4H3. The first-order chi connectivity index (χ1) is 16.2. The lowest BCUT2D eigenvalue weighted by Crippen LogP contribution is -2.51. The summed E-state index contributed by atoms with van der Waals surface area (Å²) in [5.74, 6) is -0.269. The van der Waals surface area contributed by atoms with Gasteiger partial charge in [0.05, 0.1) is 26.2 Å². The first-order valence-corrected chi connectivity index (χ1v) is 12.0. The van der Waals surface area contributed by atoms with Gasteiger partial charge in [-0.15, -0.1) is 0 Å². The van der Waals surface area contributed by atoms with Crippen molar-refractivity contribution in [1.29, 1.82) is 0 Å². The molecule has 184 valence electrons. The van der Waals surface area contributed by atoms with Crippen LogP contribution in [0.25, 0.3) is 0 Å². The maximum absolute atomic E-state index is 12.8. The summed E-state index contributed by atoms with van der Waals surface area (Å²) >= 11 is 0. The Bertz CT molecular complexity index is 1140. The van der Waals surface area contributed by atoms with Crippen molar-refractivity contribution in [2.24, 2.45) is 0 Å². The average molecular weight is 493 g/mol. The normalized spacial score (nSPS) is 14.4. The molecule has 3 rings (SSSR count). The highest BCUT2D eigenvalue weighted by molar-refractivity contribution is 7.89. The lowest BCUT2D eigenvalue weighted by molar-refractivity contribution is -0.135. The zero-order valence-electron chi connectivity index (χ0n) is 19.6. The summed E-state index contributed by atoms with van der Waals surface area (Å²) in [7, 11) is 0.651. The van der Waals surface area contributed by atoms with Crippen molar-refractivity contribution in [1.82, 2.24) is 9.21 Å². The van der Waals surface area contributed by atoms with E-state index in [-0.39, 0.29) is 42.4 Å². The maximum atomic E-state index is 12.8. The fourth-order valence-electron chi connectivity index (χ4n) is 3.52. The second-order valence-corrected chi connectivity index (χ2v) is 9.52. The maximum Gasteiger partial charge on any atom is 0.342 e. The first-order valence-electron chi connectivity index (χ1n) is 10.5. The van der Waals surface area contributed by atoms with Gasteiger partial charge in [0.15, 0.2) is 18.1 Å². The second-order valence-electron chi connectivity index (χ2n) is 7.58. The Morgan fingerprint density at radius 2 is 1.41 bits per heavy atom. The molecule has 1 saturated heterocycles. The molecule has 34 heavy (non-hydrogen) atoms. The Hall–Kier alpha value is -3.31. The van der Waals surface area contributed by atoms with Gasteiger partial charge in [-0.25, -0.2) is 13.2 Å². The van der Waals surface area contributed by atoms with Crippen LogP contribution < -0.4 is 14.2 Å². The summed E-state index contributed by atoms with van der Waals surface area (Å²) in [4.78, 5) is 26.9. The molecule has 0 N–H and O–H groups in total. The molecule has 0 saturated carbocycles. The number of carbonyl (C=O) groups is 2. The third kappa shape index (κ3) is 5.42. The quantitative estimate of drug-likeness (QED) is 0.512. The van der Waals surface area contributed by atoms with Crippen molar-refractivity contribution >= 4 is 21.9 Å². The van der Waals surface area contributed by atoms with Crippen LogP contribution in [-0.4, -0.2) is 83.6 Å². The Labute approximate surface area is 199 Å². The lowest BCUT2D eigenvalue weighted by atomic mass is 10.1. The van der Waals surface area contributed by atoms with E-state index in [0.29, 0.717) is 11.5 Å². The largest absolute Gasteiger partial charge is 0.496 e. The first kappa shape index (κ1) is 25.3. The molecule has 2 aromatic rings. The summed E-state index contributed by atoms with van der Waals surface area (Å²) < 4.78 is 47.8. The van der Waals surface area contributed by atoms with E-state index in [1.807, 2.05) is 6.92 Å². The highest BCUT2D eigenvalue weighted by Gasteiger charge is 2.30. The van der Waals surface area contributed by atoms with E-state index < -0.39 is 28.5 Å². The van der Waals surface area contributed by atoms with Crippen LogP contribution in [0.2, 0.25) is 0 Å². The molecule has 0 spiro atoms. The number of aryl methyl sites for hydroxylation is 1. The molecule has 1 heterocycles. The summed E-state index contributed by atoms with van der Waals surface area (Å²) in [5, 5.41) is 0. The topological polar surface area (TPSA) is 112 Å². The van der Waals surface area contributed by atoms with E-state index in [1.165, 1.54) is 42.7 Å². The van der Waals surface area contributed by atoms with Crippen LogP contribution in [-0.2, 0) is 19.6 Å². The van der Waals surface area contributed by atoms with Gasteiger partial charge in [0.2, 0.25) is 10.0 Å². The molecule has 0 aliphatic carbocycles. The average Bonchev–Trinajstić information content (AvgIpc) is 2.86. The number of methoxy groups -OCH3 is 3. The fraction of sp³-hybridized carbons (Fsp3) is 0.391. The molecule has 0 unspecified atom stereocenters. The molecule has 0 bridgehead atoms. The third-order valence-electron chi connectivity index (χ3n) is 5.50. The summed E-state index contributed by atoms with van der Waals surface area (Å²) in [5.41, 5.74) is 1.05. The number of esters is 1. The van der Waals surface area contributed by atoms with Crippen molar-refractivity contribution < 1.29 is 37.0 Å². The van der Waals surface area contributed by atoms with Gasteiger partial charge >= 0.3 is 5.97 Å². The number of hydrogen-bond acceptors (Lipinski definition) is 8. The van der Waals surface area contributed by atoms with E-state index in [0.717, 1.165) is 5.56 Å². The molecule has 2 aromatic carbocycles.